The summed E-state index contributed by atoms with van der Waals surface area (Å²) >= 11 is 0. The second-order valence-electron chi connectivity index (χ2n) is 4.61. The average molecular weight is 327 g/mol. The first-order chi connectivity index (χ1) is 10.4. The first kappa shape index (κ1) is 16.2. The maximum Gasteiger partial charge on any atom is 0.342 e. The average Bonchev–Trinajstić information content (AvgIpc) is 3.08. The molecule has 2 heterocycles. The van der Waals surface area contributed by atoms with Crippen molar-refractivity contribution in [2.75, 3.05) is 13.7 Å². The third-order valence-corrected chi connectivity index (χ3v) is 4.72. The predicted molar refractivity (Wildman–Crippen MR) is 76.6 cm³/mol. The summed E-state index contributed by atoms with van der Waals surface area (Å²) in [5.74, 6) is 0.451. The highest BCUT2D eigenvalue weighted by Crippen LogP contribution is 2.20. The van der Waals surface area contributed by atoms with Crippen LogP contribution in [0.15, 0.2) is 27.8 Å². The maximum atomic E-state index is 12.5. The van der Waals surface area contributed by atoms with Crippen LogP contribution in [0.4, 0.5) is 0 Å². The first-order valence-electron chi connectivity index (χ1n) is 6.58. The van der Waals surface area contributed by atoms with E-state index in [0.29, 0.717) is 11.5 Å². The van der Waals surface area contributed by atoms with E-state index in [1.165, 1.54) is 7.05 Å². The number of ether oxygens (including phenoxy) is 1. The number of nitrogens with zero attached hydrogens (tertiary/aromatic N) is 2. The van der Waals surface area contributed by atoms with Gasteiger partial charge in [-0.05, 0) is 26.0 Å². The minimum absolute atomic E-state index is 0.0391. The van der Waals surface area contributed by atoms with Crippen LogP contribution in [0.2, 0.25) is 0 Å². The van der Waals surface area contributed by atoms with Gasteiger partial charge in [0.05, 0.1) is 19.3 Å². The highest BCUT2D eigenvalue weighted by atomic mass is 32.2. The van der Waals surface area contributed by atoms with Crippen molar-refractivity contribution >= 4 is 16.0 Å². The zero-order valence-electron chi connectivity index (χ0n) is 12.5. The molecule has 0 bridgehead atoms. The SMILES string of the molecule is CCOC(=O)c1cn[nH]c1S(=O)(=O)N(C)Cc1ccc(C)o1. The number of carbonyl (C=O) groups excluding carboxylic acids is 1. The molecule has 9 heteroatoms. The van der Waals surface area contributed by atoms with Crippen LogP contribution in [0.1, 0.15) is 28.8 Å². The van der Waals surface area contributed by atoms with Gasteiger partial charge in [-0.15, -0.1) is 0 Å². The quantitative estimate of drug-likeness (QED) is 0.802. The van der Waals surface area contributed by atoms with Gasteiger partial charge in [0.1, 0.15) is 17.1 Å². The standard InChI is InChI=1S/C13H17N3O5S/c1-4-20-13(17)11-7-14-15-12(11)22(18,19)16(3)8-10-6-5-9(2)21-10/h5-7H,4,8H2,1-3H3,(H,14,15). The monoisotopic (exact) mass is 327 g/mol. The summed E-state index contributed by atoms with van der Waals surface area (Å²) in [6.07, 6.45) is 1.13. The van der Waals surface area contributed by atoms with Gasteiger partial charge < -0.3 is 9.15 Å². The van der Waals surface area contributed by atoms with E-state index in [1.807, 2.05) is 0 Å². The van der Waals surface area contributed by atoms with Gasteiger partial charge in [0.15, 0.2) is 5.03 Å². The van der Waals surface area contributed by atoms with Gasteiger partial charge in [0, 0.05) is 7.05 Å². The Balaban J connectivity index is 2.26. The molecule has 0 radical (unpaired) electrons. The van der Waals surface area contributed by atoms with Crippen molar-refractivity contribution in [3.8, 4) is 0 Å². The minimum atomic E-state index is -3.92. The number of aromatic amines is 1. The molecule has 2 aromatic rings. The van der Waals surface area contributed by atoms with E-state index in [-0.39, 0.29) is 23.7 Å². The molecule has 22 heavy (non-hydrogen) atoms. The molecule has 0 spiro atoms. The van der Waals surface area contributed by atoms with E-state index in [2.05, 4.69) is 10.2 Å². The Labute approximate surface area is 128 Å². The smallest absolute Gasteiger partial charge is 0.342 e. The van der Waals surface area contributed by atoms with Gasteiger partial charge in [0.2, 0.25) is 0 Å². The molecular formula is C13H17N3O5S. The first-order valence-corrected chi connectivity index (χ1v) is 8.02. The Hall–Kier alpha value is -2.13. The lowest BCUT2D eigenvalue weighted by Gasteiger charge is -2.15. The van der Waals surface area contributed by atoms with E-state index in [1.54, 1.807) is 26.0 Å². The molecule has 0 saturated heterocycles. The fourth-order valence-corrected chi connectivity index (χ4v) is 3.05. The summed E-state index contributed by atoms with van der Waals surface area (Å²) in [5.41, 5.74) is -0.121. The lowest BCUT2D eigenvalue weighted by molar-refractivity contribution is 0.0521. The molecule has 0 aliphatic rings. The highest BCUT2D eigenvalue weighted by molar-refractivity contribution is 7.89. The van der Waals surface area contributed by atoms with Crippen LogP contribution in [0, 0.1) is 6.92 Å². The van der Waals surface area contributed by atoms with Gasteiger partial charge in [0.25, 0.3) is 10.0 Å². The molecule has 2 aromatic heterocycles. The van der Waals surface area contributed by atoms with Crippen molar-refractivity contribution in [1.82, 2.24) is 14.5 Å². The number of esters is 1. The lowest BCUT2D eigenvalue weighted by Crippen LogP contribution is -2.28. The number of aromatic nitrogens is 2. The molecule has 8 nitrogen and oxygen atoms in total. The predicted octanol–water partition coefficient (Wildman–Crippen LogP) is 1.31. The number of nitrogens with one attached hydrogen (secondary N) is 1. The number of rotatable bonds is 6. The molecular weight excluding hydrogens is 310 g/mol. The number of carbonyl (C=O) groups is 1. The normalized spacial score (nSPS) is 11.8. The Bertz CT molecular complexity index is 762. The highest BCUT2D eigenvalue weighted by Gasteiger charge is 2.30. The summed E-state index contributed by atoms with van der Waals surface area (Å²) in [7, 11) is -2.53. The molecule has 0 fully saturated rings. The number of sulfonamides is 1. The lowest BCUT2D eigenvalue weighted by atomic mass is 10.4. The van der Waals surface area contributed by atoms with Crippen molar-refractivity contribution in [3.63, 3.8) is 0 Å². The molecule has 0 aliphatic heterocycles. The van der Waals surface area contributed by atoms with Gasteiger partial charge in [-0.1, -0.05) is 0 Å². The van der Waals surface area contributed by atoms with Crippen molar-refractivity contribution in [3.05, 3.63) is 35.4 Å². The number of hydrogen-bond donors (Lipinski definition) is 1. The molecule has 0 aliphatic carbocycles. The molecule has 0 unspecified atom stereocenters. The number of H-pyrrole nitrogens is 1. The molecule has 0 atom stereocenters. The molecule has 0 saturated carbocycles. The zero-order valence-corrected chi connectivity index (χ0v) is 13.3. The molecule has 0 amide bonds. The van der Waals surface area contributed by atoms with E-state index < -0.39 is 16.0 Å². The Kier molecular flexibility index (Phi) is 4.67. The maximum absolute atomic E-state index is 12.5. The van der Waals surface area contributed by atoms with E-state index in [9.17, 15) is 13.2 Å². The van der Waals surface area contributed by atoms with Crippen molar-refractivity contribution in [1.29, 1.82) is 0 Å². The summed E-state index contributed by atoms with van der Waals surface area (Å²) in [4.78, 5) is 11.8. The molecule has 1 N–H and O–H groups in total. The summed E-state index contributed by atoms with van der Waals surface area (Å²) in [5, 5.41) is 5.68. The van der Waals surface area contributed by atoms with Crippen molar-refractivity contribution in [2.45, 2.75) is 25.4 Å². The van der Waals surface area contributed by atoms with E-state index in [4.69, 9.17) is 9.15 Å². The number of furan rings is 1. The fraction of sp³-hybridized carbons (Fsp3) is 0.385. The van der Waals surface area contributed by atoms with Gasteiger partial charge in [-0.25, -0.2) is 13.2 Å². The van der Waals surface area contributed by atoms with Gasteiger partial charge in [-0.2, -0.15) is 9.40 Å². The second kappa shape index (κ2) is 6.32. The second-order valence-corrected chi connectivity index (χ2v) is 6.59. The molecule has 120 valence electrons. The van der Waals surface area contributed by atoms with Crippen LogP contribution >= 0.6 is 0 Å². The van der Waals surface area contributed by atoms with Crippen LogP contribution in [0.25, 0.3) is 0 Å². The van der Waals surface area contributed by atoms with E-state index in [0.717, 1.165) is 10.5 Å². The van der Waals surface area contributed by atoms with Crippen molar-refractivity contribution in [2.24, 2.45) is 0 Å². The Morgan fingerprint density at radius 3 is 2.77 bits per heavy atom. The third kappa shape index (κ3) is 3.20. The minimum Gasteiger partial charge on any atom is -0.465 e. The topological polar surface area (TPSA) is 106 Å². The summed E-state index contributed by atoms with van der Waals surface area (Å²) in [6, 6.07) is 3.44. The Morgan fingerprint density at radius 2 is 2.18 bits per heavy atom. The van der Waals surface area contributed by atoms with Gasteiger partial charge >= 0.3 is 5.97 Å². The molecule has 0 aromatic carbocycles. The summed E-state index contributed by atoms with van der Waals surface area (Å²) in [6.45, 7) is 3.59. The van der Waals surface area contributed by atoms with Gasteiger partial charge in [-0.3, -0.25) is 5.10 Å². The van der Waals surface area contributed by atoms with Crippen LogP contribution in [-0.2, 0) is 21.3 Å². The summed E-state index contributed by atoms with van der Waals surface area (Å²) < 4.78 is 36.3. The number of aryl methyl sites for hydroxylation is 1. The number of hydrogen-bond acceptors (Lipinski definition) is 6. The van der Waals surface area contributed by atoms with Crippen molar-refractivity contribution < 1.29 is 22.4 Å². The van der Waals surface area contributed by atoms with Crippen LogP contribution in [0.5, 0.6) is 0 Å². The van der Waals surface area contributed by atoms with Crippen LogP contribution < -0.4 is 0 Å². The Morgan fingerprint density at radius 1 is 1.45 bits per heavy atom. The van der Waals surface area contributed by atoms with Crippen LogP contribution in [-0.4, -0.2) is 42.5 Å². The third-order valence-electron chi connectivity index (χ3n) is 2.94. The molecule has 2 rings (SSSR count). The fourth-order valence-electron chi connectivity index (χ4n) is 1.86. The van der Waals surface area contributed by atoms with Crippen LogP contribution in [0.3, 0.4) is 0 Å². The zero-order chi connectivity index (χ0) is 16.3. The largest absolute Gasteiger partial charge is 0.465 e. The van der Waals surface area contributed by atoms with E-state index >= 15 is 0 Å².